The van der Waals surface area contributed by atoms with Crippen molar-refractivity contribution in [2.45, 2.75) is 18.2 Å². The number of sulfonamides is 1. The van der Waals surface area contributed by atoms with Crippen LogP contribution in [-0.4, -0.2) is 104 Å². The standard InChI is InChI=1S/C20H24N4O8S/c1-2-23-18(26)19(27)24(20(23)28)13-17(25)21-6-8-22(9-7-21)33(29,30)14-4-5-15-16(12-14)32-11-3-10-31-15/h4-5,12H,2-3,6-11,13H2,1H3. The highest BCUT2D eigenvalue weighted by molar-refractivity contribution is 7.89. The lowest BCUT2D eigenvalue weighted by atomic mass is 10.3. The third-order valence-electron chi connectivity index (χ3n) is 5.69. The molecule has 0 unspecified atom stereocenters. The fourth-order valence-corrected chi connectivity index (χ4v) is 5.27. The van der Waals surface area contributed by atoms with Gasteiger partial charge >= 0.3 is 17.8 Å². The zero-order valence-corrected chi connectivity index (χ0v) is 18.9. The van der Waals surface area contributed by atoms with Crippen LogP contribution in [0.5, 0.6) is 11.5 Å². The Morgan fingerprint density at radius 2 is 1.58 bits per heavy atom. The first-order valence-corrected chi connectivity index (χ1v) is 12.0. The molecule has 12 nitrogen and oxygen atoms in total. The van der Waals surface area contributed by atoms with Crippen molar-refractivity contribution >= 4 is 33.8 Å². The molecule has 3 aliphatic rings. The van der Waals surface area contributed by atoms with Crippen LogP contribution in [-0.2, 0) is 24.4 Å². The van der Waals surface area contributed by atoms with Gasteiger partial charge in [-0.3, -0.25) is 19.3 Å². The van der Waals surface area contributed by atoms with Crippen LogP contribution in [0.3, 0.4) is 0 Å². The summed E-state index contributed by atoms with van der Waals surface area (Å²) in [5.74, 6) is -1.66. The molecule has 3 heterocycles. The van der Waals surface area contributed by atoms with Gasteiger partial charge in [0, 0.05) is 45.2 Å². The SMILES string of the molecule is CCN1C(=O)C(=O)N(CC(=O)N2CCN(S(=O)(=O)c3ccc4c(c3)OCCCO4)CC2)C1=O. The highest BCUT2D eigenvalue weighted by Crippen LogP contribution is 2.33. The molecule has 0 bridgehead atoms. The molecule has 1 aromatic rings. The molecule has 5 amide bonds. The normalized spacial score (nSPS) is 19.8. The van der Waals surface area contributed by atoms with Crippen molar-refractivity contribution in [1.29, 1.82) is 0 Å². The van der Waals surface area contributed by atoms with Crippen molar-refractivity contribution in [1.82, 2.24) is 19.0 Å². The second-order valence-corrected chi connectivity index (χ2v) is 9.61. The number of urea groups is 1. The minimum Gasteiger partial charge on any atom is -0.490 e. The van der Waals surface area contributed by atoms with Crippen LogP contribution in [0.25, 0.3) is 0 Å². The lowest BCUT2D eigenvalue weighted by molar-refractivity contribution is -0.145. The molecule has 0 spiro atoms. The van der Waals surface area contributed by atoms with Gasteiger partial charge in [0.1, 0.15) is 6.54 Å². The topological polar surface area (TPSA) is 134 Å². The molecule has 33 heavy (non-hydrogen) atoms. The van der Waals surface area contributed by atoms with Gasteiger partial charge in [0.15, 0.2) is 11.5 Å². The minimum absolute atomic E-state index is 0.0322. The van der Waals surface area contributed by atoms with E-state index in [1.807, 2.05) is 0 Å². The molecule has 0 aromatic heterocycles. The fraction of sp³-hybridized carbons (Fsp3) is 0.500. The molecule has 0 saturated carbocycles. The molecule has 1 aromatic carbocycles. The quantitative estimate of drug-likeness (QED) is 0.406. The second kappa shape index (κ2) is 8.98. The maximum atomic E-state index is 13.1. The van der Waals surface area contributed by atoms with Gasteiger partial charge in [-0.1, -0.05) is 0 Å². The number of carbonyl (C=O) groups is 4. The van der Waals surface area contributed by atoms with Crippen LogP contribution in [0.4, 0.5) is 4.79 Å². The number of likely N-dealkylation sites (N-methyl/N-ethyl adjacent to an activating group) is 1. The Morgan fingerprint density at radius 1 is 0.939 bits per heavy atom. The molecule has 178 valence electrons. The van der Waals surface area contributed by atoms with E-state index in [1.54, 1.807) is 13.0 Å². The van der Waals surface area contributed by atoms with Crippen molar-refractivity contribution in [3.8, 4) is 11.5 Å². The molecule has 4 rings (SSSR count). The predicted molar refractivity (Wildman–Crippen MR) is 112 cm³/mol. The Hall–Kier alpha value is -3.19. The molecule has 13 heteroatoms. The summed E-state index contributed by atoms with van der Waals surface area (Å²) < 4.78 is 38.6. The number of fused-ring (bicyclic) bond motifs is 1. The van der Waals surface area contributed by atoms with Crippen LogP contribution < -0.4 is 9.47 Å². The van der Waals surface area contributed by atoms with Crippen molar-refractivity contribution in [2.24, 2.45) is 0 Å². The van der Waals surface area contributed by atoms with Crippen molar-refractivity contribution in [2.75, 3.05) is 52.5 Å². The maximum absolute atomic E-state index is 13.1. The van der Waals surface area contributed by atoms with E-state index in [0.29, 0.717) is 36.0 Å². The monoisotopic (exact) mass is 480 g/mol. The number of benzene rings is 1. The zero-order valence-electron chi connectivity index (χ0n) is 18.1. The van der Waals surface area contributed by atoms with E-state index in [2.05, 4.69) is 0 Å². The van der Waals surface area contributed by atoms with Gasteiger partial charge in [0.25, 0.3) is 0 Å². The second-order valence-electron chi connectivity index (χ2n) is 7.67. The first-order valence-electron chi connectivity index (χ1n) is 10.6. The van der Waals surface area contributed by atoms with Gasteiger partial charge in [-0.2, -0.15) is 4.31 Å². The Labute approximate surface area is 190 Å². The minimum atomic E-state index is -3.82. The lowest BCUT2D eigenvalue weighted by Gasteiger charge is -2.34. The number of imide groups is 2. The van der Waals surface area contributed by atoms with Gasteiger partial charge in [-0.15, -0.1) is 0 Å². The number of ether oxygens (including phenoxy) is 2. The average molecular weight is 480 g/mol. The molecule has 0 aliphatic carbocycles. The van der Waals surface area contributed by atoms with E-state index in [1.165, 1.54) is 21.3 Å². The molecule has 0 N–H and O–H groups in total. The number of hydrogen-bond donors (Lipinski definition) is 0. The van der Waals surface area contributed by atoms with Crippen LogP contribution in [0.15, 0.2) is 23.1 Å². The number of piperazine rings is 1. The number of carbonyl (C=O) groups excluding carboxylic acids is 4. The smallest absolute Gasteiger partial charge is 0.334 e. The van der Waals surface area contributed by atoms with E-state index in [0.717, 1.165) is 4.90 Å². The van der Waals surface area contributed by atoms with Crippen molar-refractivity contribution in [3.05, 3.63) is 18.2 Å². The predicted octanol–water partition coefficient (Wildman–Crippen LogP) is -0.508. The number of nitrogens with zero attached hydrogens (tertiary/aromatic N) is 4. The molecule has 2 fully saturated rings. The first-order chi connectivity index (χ1) is 15.7. The average Bonchev–Trinajstić information content (AvgIpc) is 2.98. The molecular formula is C20H24N4O8S. The molecular weight excluding hydrogens is 456 g/mol. The Morgan fingerprint density at radius 3 is 2.21 bits per heavy atom. The largest absolute Gasteiger partial charge is 0.490 e. The Balaban J connectivity index is 1.39. The van der Waals surface area contributed by atoms with E-state index in [4.69, 9.17) is 9.47 Å². The summed E-state index contributed by atoms with van der Waals surface area (Å²) in [4.78, 5) is 51.4. The fourth-order valence-electron chi connectivity index (χ4n) is 3.83. The van der Waals surface area contributed by atoms with Crippen molar-refractivity contribution in [3.63, 3.8) is 0 Å². The molecule has 0 radical (unpaired) electrons. The Kier molecular flexibility index (Phi) is 6.26. The van der Waals surface area contributed by atoms with Crippen molar-refractivity contribution < 1.29 is 37.1 Å². The van der Waals surface area contributed by atoms with Gasteiger partial charge < -0.3 is 14.4 Å². The van der Waals surface area contributed by atoms with Crippen LogP contribution in [0, 0.1) is 0 Å². The van der Waals surface area contributed by atoms with E-state index < -0.39 is 40.3 Å². The van der Waals surface area contributed by atoms with E-state index in [9.17, 15) is 27.6 Å². The Bertz CT molecular complexity index is 1100. The zero-order chi connectivity index (χ0) is 23.8. The maximum Gasteiger partial charge on any atom is 0.334 e. The van der Waals surface area contributed by atoms with E-state index >= 15 is 0 Å². The van der Waals surface area contributed by atoms with Gasteiger partial charge in [-0.25, -0.2) is 18.1 Å². The summed E-state index contributed by atoms with van der Waals surface area (Å²) in [5, 5.41) is 0. The summed E-state index contributed by atoms with van der Waals surface area (Å²) in [5.41, 5.74) is 0. The number of amides is 5. The molecule has 2 saturated heterocycles. The van der Waals surface area contributed by atoms with Gasteiger partial charge in [-0.05, 0) is 19.1 Å². The third kappa shape index (κ3) is 4.25. The molecule has 0 atom stereocenters. The number of hydrogen-bond acceptors (Lipinski definition) is 8. The highest BCUT2D eigenvalue weighted by Gasteiger charge is 2.45. The van der Waals surface area contributed by atoms with Crippen LogP contribution in [0.2, 0.25) is 0 Å². The highest BCUT2D eigenvalue weighted by atomic mass is 32.2. The summed E-state index contributed by atoms with van der Waals surface area (Å²) in [6, 6.07) is 3.64. The summed E-state index contributed by atoms with van der Waals surface area (Å²) in [6.45, 7) is 2.22. The van der Waals surface area contributed by atoms with Gasteiger partial charge in [0.05, 0.1) is 18.1 Å². The summed E-state index contributed by atoms with van der Waals surface area (Å²) in [6.07, 6.45) is 0.700. The number of rotatable bonds is 5. The van der Waals surface area contributed by atoms with E-state index in [-0.39, 0.29) is 37.6 Å². The molecule has 3 aliphatic heterocycles. The third-order valence-corrected chi connectivity index (χ3v) is 7.59. The van der Waals surface area contributed by atoms with Crippen LogP contribution >= 0.6 is 0 Å². The summed E-state index contributed by atoms with van der Waals surface area (Å²) >= 11 is 0. The first kappa shape index (κ1) is 23.0. The summed E-state index contributed by atoms with van der Waals surface area (Å²) in [7, 11) is -3.82. The lowest BCUT2D eigenvalue weighted by Crippen LogP contribution is -2.53. The van der Waals surface area contributed by atoms with Crippen LogP contribution in [0.1, 0.15) is 13.3 Å². The van der Waals surface area contributed by atoms with Gasteiger partial charge in [0.2, 0.25) is 15.9 Å².